The van der Waals surface area contributed by atoms with Gasteiger partial charge in [-0.1, -0.05) is 42.1 Å². The second kappa shape index (κ2) is 9.63. The Labute approximate surface area is 181 Å². The molecule has 0 saturated carbocycles. The molecule has 0 aliphatic rings. The van der Waals surface area contributed by atoms with Crippen molar-refractivity contribution < 1.29 is 13.2 Å². The van der Waals surface area contributed by atoms with Crippen LogP contribution < -0.4 is 10.5 Å². The van der Waals surface area contributed by atoms with Gasteiger partial charge in [-0.2, -0.15) is 0 Å². The molecule has 3 aromatic rings. The van der Waals surface area contributed by atoms with E-state index >= 15 is 0 Å². The first kappa shape index (κ1) is 22.3. The third-order valence-electron chi connectivity index (χ3n) is 4.78. The lowest BCUT2D eigenvalue weighted by atomic mass is 10.1. The lowest BCUT2D eigenvalue weighted by Crippen LogP contribution is -2.34. The van der Waals surface area contributed by atoms with E-state index in [0.717, 1.165) is 18.4 Å². The number of benzene rings is 2. The fourth-order valence-electron chi connectivity index (χ4n) is 3.23. The van der Waals surface area contributed by atoms with Crippen LogP contribution in [-0.2, 0) is 27.8 Å². The summed E-state index contributed by atoms with van der Waals surface area (Å²) in [6, 6.07) is 14.9. The number of fused-ring (bicyclic) bond motifs is 1. The zero-order valence-corrected chi connectivity index (χ0v) is 18.7. The first-order valence-corrected chi connectivity index (χ1v) is 12.3. The Balaban J connectivity index is 1.61. The fraction of sp³-hybridized carbons (Fsp3) is 0.333. The van der Waals surface area contributed by atoms with E-state index in [1.54, 1.807) is 6.07 Å². The molecule has 0 radical (unpaired) electrons. The Morgan fingerprint density at radius 3 is 2.63 bits per heavy atom. The number of aryl methyl sites for hydroxylation is 2. The fourth-order valence-corrected chi connectivity index (χ4v) is 4.65. The third kappa shape index (κ3) is 5.62. The largest absolute Gasteiger partial charge is 0.353 e. The van der Waals surface area contributed by atoms with E-state index in [1.165, 1.54) is 29.5 Å². The normalized spacial score (nSPS) is 12.8. The molecule has 7 nitrogen and oxygen atoms in total. The van der Waals surface area contributed by atoms with Gasteiger partial charge in [0.1, 0.15) is 0 Å². The number of nitrogens with two attached hydrogens (primary N) is 1. The van der Waals surface area contributed by atoms with Gasteiger partial charge in [0.2, 0.25) is 15.9 Å². The van der Waals surface area contributed by atoms with Gasteiger partial charge in [-0.15, -0.1) is 0 Å². The van der Waals surface area contributed by atoms with Crippen LogP contribution in [0.1, 0.15) is 25.8 Å². The van der Waals surface area contributed by atoms with Crippen LogP contribution in [0.25, 0.3) is 11.0 Å². The molecule has 1 unspecified atom stereocenters. The molecule has 3 rings (SSSR count). The highest BCUT2D eigenvalue weighted by Crippen LogP contribution is 2.25. The van der Waals surface area contributed by atoms with E-state index in [2.05, 4.69) is 22.4 Å². The molecule has 0 aliphatic carbocycles. The molecule has 0 spiro atoms. The number of carbonyl (C=O) groups is 1. The van der Waals surface area contributed by atoms with Crippen LogP contribution in [-0.4, -0.2) is 35.7 Å². The summed E-state index contributed by atoms with van der Waals surface area (Å²) in [5.74, 6) is 0.182. The van der Waals surface area contributed by atoms with Gasteiger partial charge >= 0.3 is 0 Å². The van der Waals surface area contributed by atoms with E-state index in [-0.39, 0.29) is 22.6 Å². The number of primary sulfonamides is 1. The van der Waals surface area contributed by atoms with Gasteiger partial charge in [0.15, 0.2) is 5.16 Å². The van der Waals surface area contributed by atoms with Crippen LogP contribution in [0.2, 0.25) is 0 Å². The molecule has 0 aliphatic heterocycles. The van der Waals surface area contributed by atoms with E-state index < -0.39 is 10.0 Å². The van der Waals surface area contributed by atoms with Crippen molar-refractivity contribution >= 4 is 38.7 Å². The summed E-state index contributed by atoms with van der Waals surface area (Å²) in [6.07, 6.45) is 1.78. The van der Waals surface area contributed by atoms with Gasteiger partial charge in [-0.25, -0.2) is 18.5 Å². The molecule has 3 N–H and O–H groups in total. The maximum Gasteiger partial charge on any atom is 0.238 e. The molecule has 1 aromatic heterocycles. The summed E-state index contributed by atoms with van der Waals surface area (Å²) in [7, 11) is -3.79. The average molecular weight is 447 g/mol. The zero-order valence-electron chi connectivity index (χ0n) is 17.0. The number of imidazole rings is 1. The Morgan fingerprint density at radius 2 is 1.97 bits per heavy atom. The van der Waals surface area contributed by atoms with E-state index in [4.69, 9.17) is 5.14 Å². The van der Waals surface area contributed by atoms with Crippen molar-refractivity contribution in [2.75, 3.05) is 5.75 Å². The summed E-state index contributed by atoms with van der Waals surface area (Å²) >= 11 is 1.33. The van der Waals surface area contributed by atoms with Crippen LogP contribution in [0.15, 0.2) is 58.6 Å². The predicted molar refractivity (Wildman–Crippen MR) is 120 cm³/mol. The number of thioether (sulfide) groups is 1. The minimum Gasteiger partial charge on any atom is -0.353 e. The molecule has 9 heteroatoms. The minimum absolute atomic E-state index is 0.0253. The zero-order chi connectivity index (χ0) is 21.7. The number of nitrogens with one attached hydrogen (secondary N) is 1. The Morgan fingerprint density at radius 1 is 1.23 bits per heavy atom. The summed E-state index contributed by atoms with van der Waals surface area (Å²) < 4.78 is 25.1. The summed E-state index contributed by atoms with van der Waals surface area (Å²) in [4.78, 5) is 16.9. The number of rotatable bonds is 9. The first-order valence-electron chi connectivity index (χ1n) is 9.77. The number of nitrogens with zero attached hydrogens (tertiary/aromatic N) is 2. The molecule has 0 bridgehead atoms. The molecule has 30 heavy (non-hydrogen) atoms. The Hall–Kier alpha value is -2.36. The molecule has 1 atom stereocenters. The van der Waals surface area contributed by atoms with Gasteiger partial charge < -0.3 is 9.88 Å². The molecule has 0 fully saturated rings. The number of aromatic nitrogens is 2. The summed E-state index contributed by atoms with van der Waals surface area (Å²) in [5, 5.41) is 8.91. The van der Waals surface area contributed by atoms with Crippen molar-refractivity contribution in [1.82, 2.24) is 14.9 Å². The van der Waals surface area contributed by atoms with Crippen LogP contribution in [0.3, 0.4) is 0 Å². The number of hydrogen-bond donors (Lipinski definition) is 2. The highest BCUT2D eigenvalue weighted by Gasteiger charge is 2.16. The quantitative estimate of drug-likeness (QED) is 0.492. The standard InChI is InChI=1S/C21H26N4O3S2/c1-3-25-19-12-11-17(30(22,27)28)13-18(19)24-21(25)29-14-20(26)23-15(2)9-10-16-7-5-4-6-8-16/h4-8,11-13,15H,3,9-10,14H2,1-2H3,(H,23,26)(H2,22,27,28). The topological polar surface area (TPSA) is 107 Å². The average Bonchev–Trinajstić information content (AvgIpc) is 3.07. The lowest BCUT2D eigenvalue weighted by molar-refractivity contribution is -0.119. The SMILES string of the molecule is CCn1c(SCC(=O)NC(C)CCc2ccccc2)nc2cc(S(N)(=O)=O)ccc21. The van der Waals surface area contributed by atoms with Crippen molar-refractivity contribution in [2.45, 2.75) is 49.3 Å². The summed E-state index contributed by atoms with van der Waals surface area (Å²) in [6.45, 7) is 4.63. The Kier molecular flexibility index (Phi) is 7.17. The van der Waals surface area contributed by atoms with Crippen molar-refractivity contribution in [1.29, 1.82) is 0 Å². The first-order chi connectivity index (χ1) is 14.3. The van der Waals surface area contributed by atoms with E-state index in [0.29, 0.717) is 17.2 Å². The molecule has 1 heterocycles. The van der Waals surface area contributed by atoms with Crippen LogP contribution in [0, 0.1) is 0 Å². The van der Waals surface area contributed by atoms with Crippen LogP contribution >= 0.6 is 11.8 Å². The second-order valence-electron chi connectivity index (χ2n) is 7.12. The highest BCUT2D eigenvalue weighted by atomic mass is 32.2. The molecule has 1 amide bonds. The minimum atomic E-state index is -3.79. The molecule has 2 aromatic carbocycles. The number of carbonyl (C=O) groups excluding carboxylic acids is 1. The number of amides is 1. The van der Waals surface area contributed by atoms with Gasteiger partial charge in [0.25, 0.3) is 0 Å². The molecule has 0 saturated heterocycles. The second-order valence-corrected chi connectivity index (χ2v) is 9.62. The maximum atomic E-state index is 12.4. The number of hydrogen-bond acceptors (Lipinski definition) is 5. The van der Waals surface area contributed by atoms with Gasteiger partial charge in [0.05, 0.1) is 21.7 Å². The van der Waals surface area contributed by atoms with Crippen molar-refractivity contribution in [3.05, 3.63) is 54.1 Å². The number of sulfonamides is 1. The Bertz CT molecular complexity index is 1130. The van der Waals surface area contributed by atoms with Crippen molar-refractivity contribution in [3.8, 4) is 0 Å². The predicted octanol–water partition coefficient (Wildman–Crippen LogP) is 2.93. The van der Waals surface area contributed by atoms with E-state index in [1.807, 2.05) is 36.6 Å². The molecular formula is C21H26N4O3S2. The van der Waals surface area contributed by atoms with Gasteiger partial charge in [0, 0.05) is 12.6 Å². The smallest absolute Gasteiger partial charge is 0.238 e. The molecule has 160 valence electrons. The monoisotopic (exact) mass is 446 g/mol. The van der Waals surface area contributed by atoms with Crippen LogP contribution in [0.4, 0.5) is 0 Å². The van der Waals surface area contributed by atoms with Gasteiger partial charge in [-0.05, 0) is 50.5 Å². The van der Waals surface area contributed by atoms with Crippen LogP contribution in [0.5, 0.6) is 0 Å². The lowest BCUT2D eigenvalue weighted by Gasteiger charge is -2.14. The summed E-state index contributed by atoms with van der Waals surface area (Å²) in [5.41, 5.74) is 2.61. The van der Waals surface area contributed by atoms with Crippen molar-refractivity contribution in [3.63, 3.8) is 0 Å². The third-order valence-corrected chi connectivity index (χ3v) is 6.67. The maximum absolute atomic E-state index is 12.4. The highest BCUT2D eigenvalue weighted by molar-refractivity contribution is 7.99. The van der Waals surface area contributed by atoms with Gasteiger partial charge in [-0.3, -0.25) is 4.79 Å². The van der Waals surface area contributed by atoms with E-state index in [9.17, 15) is 13.2 Å². The van der Waals surface area contributed by atoms with Crippen molar-refractivity contribution in [2.24, 2.45) is 5.14 Å². The molecular weight excluding hydrogens is 420 g/mol.